The van der Waals surface area contributed by atoms with Gasteiger partial charge in [-0.05, 0) is 12.8 Å². The lowest BCUT2D eigenvalue weighted by Crippen LogP contribution is -2.48. The lowest BCUT2D eigenvalue weighted by molar-refractivity contribution is -0.134. The largest absolute Gasteiger partial charge is 0.366 e. The number of halogens is 1. The average molecular weight is 207 g/mol. The molecule has 0 aromatic carbocycles. The minimum absolute atomic E-state index is 0. The van der Waals surface area contributed by atoms with Gasteiger partial charge in [-0.15, -0.1) is 12.4 Å². The summed E-state index contributed by atoms with van der Waals surface area (Å²) in [6.07, 6.45) is 2.00. The van der Waals surface area contributed by atoms with Gasteiger partial charge in [-0.3, -0.25) is 4.79 Å². The van der Waals surface area contributed by atoms with Crippen LogP contribution in [0.2, 0.25) is 0 Å². The third-order valence-electron chi connectivity index (χ3n) is 2.14. The molecule has 0 unspecified atom stereocenters. The molecule has 0 radical (unpaired) electrons. The van der Waals surface area contributed by atoms with E-state index in [0.717, 1.165) is 19.4 Å². The Morgan fingerprint density at radius 1 is 1.46 bits per heavy atom. The lowest BCUT2D eigenvalue weighted by Gasteiger charge is -2.22. The topological polar surface area (TPSA) is 50.4 Å². The first-order valence-electron chi connectivity index (χ1n) is 4.49. The molecule has 1 aliphatic carbocycles. The Hall–Kier alpha value is -0.320. The van der Waals surface area contributed by atoms with E-state index in [4.69, 9.17) is 4.74 Å². The minimum Gasteiger partial charge on any atom is -0.366 e. The summed E-state index contributed by atoms with van der Waals surface area (Å²) in [4.78, 5) is 11.4. The Morgan fingerprint density at radius 3 is 2.77 bits per heavy atom. The average Bonchev–Trinajstić information content (AvgIpc) is 2.90. The van der Waals surface area contributed by atoms with Crippen molar-refractivity contribution in [1.29, 1.82) is 0 Å². The SMILES string of the molecule is Cl.O=C(NC1CC1)[C@H]1CNCCO1. The van der Waals surface area contributed by atoms with Crippen LogP contribution in [0.4, 0.5) is 0 Å². The second-order valence-electron chi connectivity index (χ2n) is 3.35. The summed E-state index contributed by atoms with van der Waals surface area (Å²) in [7, 11) is 0. The van der Waals surface area contributed by atoms with Gasteiger partial charge >= 0.3 is 0 Å². The molecule has 2 fully saturated rings. The van der Waals surface area contributed by atoms with E-state index in [1.54, 1.807) is 0 Å². The highest BCUT2D eigenvalue weighted by Gasteiger charge is 2.28. The Bertz CT molecular complexity index is 179. The quantitative estimate of drug-likeness (QED) is 0.651. The van der Waals surface area contributed by atoms with E-state index in [9.17, 15) is 4.79 Å². The molecule has 2 N–H and O–H groups in total. The van der Waals surface area contributed by atoms with E-state index in [0.29, 0.717) is 19.2 Å². The lowest BCUT2D eigenvalue weighted by atomic mass is 10.3. The van der Waals surface area contributed by atoms with Gasteiger partial charge in [0.05, 0.1) is 6.61 Å². The number of nitrogens with one attached hydrogen (secondary N) is 2. The van der Waals surface area contributed by atoms with Crippen LogP contribution in [0.3, 0.4) is 0 Å². The van der Waals surface area contributed by atoms with E-state index in [1.165, 1.54) is 0 Å². The molecule has 76 valence electrons. The first-order chi connectivity index (χ1) is 5.86. The number of hydrogen-bond donors (Lipinski definition) is 2. The van der Waals surface area contributed by atoms with Crippen LogP contribution in [0.15, 0.2) is 0 Å². The van der Waals surface area contributed by atoms with Crippen LogP contribution in [-0.2, 0) is 9.53 Å². The molecule has 0 aromatic rings. The highest BCUT2D eigenvalue weighted by atomic mass is 35.5. The molecule has 0 aromatic heterocycles. The van der Waals surface area contributed by atoms with Gasteiger partial charge in [-0.1, -0.05) is 0 Å². The highest BCUT2D eigenvalue weighted by molar-refractivity contribution is 5.85. The van der Waals surface area contributed by atoms with Gasteiger partial charge in [-0.2, -0.15) is 0 Å². The fraction of sp³-hybridized carbons (Fsp3) is 0.875. The molecule has 1 saturated carbocycles. The zero-order chi connectivity index (χ0) is 8.39. The van der Waals surface area contributed by atoms with Crippen molar-refractivity contribution in [2.24, 2.45) is 0 Å². The summed E-state index contributed by atoms with van der Waals surface area (Å²) in [6, 6.07) is 0.433. The predicted molar refractivity (Wildman–Crippen MR) is 51.0 cm³/mol. The monoisotopic (exact) mass is 206 g/mol. The zero-order valence-electron chi connectivity index (χ0n) is 7.41. The number of carbonyl (C=O) groups is 1. The van der Waals surface area contributed by atoms with Crippen LogP contribution in [-0.4, -0.2) is 37.7 Å². The number of rotatable bonds is 2. The molecule has 1 heterocycles. The summed E-state index contributed by atoms with van der Waals surface area (Å²) in [5.41, 5.74) is 0. The van der Waals surface area contributed by atoms with Crippen molar-refractivity contribution in [1.82, 2.24) is 10.6 Å². The number of amides is 1. The van der Waals surface area contributed by atoms with Crippen LogP contribution < -0.4 is 10.6 Å². The van der Waals surface area contributed by atoms with E-state index < -0.39 is 0 Å². The number of carbonyl (C=O) groups excluding carboxylic acids is 1. The second-order valence-corrected chi connectivity index (χ2v) is 3.35. The molecule has 0 spiro atoms. The van der Waals surface area contributed by atoms with Crippen LogP contribution >= 0.6 is 12.4 Å². The summed E-state index contributed by atoms with van der Waals surface area (Å²) in [5.74, 6) is 0.0460. The van der Waals surface area contributed by atoms with Gasteiger partial charge in [0.15, 0.2) is 0 Å². The first kappa shape index (κ1) is 10.8. The van der Waals surface area contributed by atoms with Gasteiger partial charge in [0.2, 0.25) is 0 Å². The predicted octanol–water partition coefficient (Wildman–Crippen LogP) is -0.325. The van der Waals surface area contributed by atoms with Crippen LogP contribution in [0.5, 0.6) is 0 Å². The van der Waals surface area contributed by atoms with E-state index in [1.807, 2.05) is 0 Å². The van der Waals surface area contributed by atoms with Crippen molar-refractivity contribution in [3.8, 4) is 0 Å². The maximum atomic E-state index is 11.4. The number of ether oxygens (including phenoxy) is 1. The molecule has 1 saturated heterocycles. The third kappa shape index (κ3) is 3.14. The van der Waals surface area contributed by atoms with Crippen molar-refractivity contribution in [3.05, 3.63) is 0 Å². The fourth-order valence-corrected chi connectivity index (χ4v) is 1.26. The second kappa shape index (κ2) is 4.79. The Kier molecular flexibility index (Phi) is 3.96. The van der Waals surface area contributed by atoms with Gasteiger partial charge in [0, 0.05) is 19.1 Å². The molecule has 2 aliphatic rings. The minimum atomic E-state index is -0.264. The summed E-state index contributed by atoms with van der Waals surface area (Å²) in [6.45, 7) is 2.15. The smallest absolute Gasteiger partial charge is 0.250 e. The maximum Gasteiger partial charge on any atom is 0.250 e. The summed E-state index contributed by atoms with van der Waals surface area (Å²) in [5, 5.41) is 6.04. The zero-order valence-corrected chi connectivity index (χ0v) is 8.23. The summed E-state index contributed by atoms with van der Waals surface area (Å²) >= 11 is 0. The van der Waals surface area contributed by atoms with Gasteiger partial charge in [-0.25, -0.2) is 0 Å². The van der Waals surface area contributed by atoms with Crippen LogP contribution in [0, 0.1) is 0 Å². The molecule has 2 rings (SSSR count). The maximum absolute atomic E-state index is 11.4. The number of morpholine rings is 1. The molecule has 5 heteroatoms. The summed E-state index contributed by atoms with van der Waals surface area (Å²) < 4.78 is 5.29. The van der Waals surface area contributed by atoms with Crippen molar-refractivity contribution in [3.63, 3.8) is 0 Å². The van der Waals surface area contributed by atoms with Gasteiger partial charge in [0.1, 0.15) is 6.10 Å². The Labute approximate surface area is 83.8 Å². The van der Waals surface area contributed by atoms with Gasteiger partial charge < -0.3 is 15.4 Å². The Morgan fingerprint density at radius 2 is 2.23 bits per heavy atom. The molecule has 4 nitrogen and oxygen atoms in total. The third-order valence-corrected chi connectivity index (χ3v) is 2.14. The molecular weight excluding hydrogens is 192 g/mol. The van der Waals surface area contributed by atoms with Crippen LogP contribution in [0.1, 0.15) is 12.8 Å². The normalized spacial score (nSPS) is 27.5. The number of hydrogen-bond acceptors (Lipinski definition) is 3. The van der Waals surface area contributed by atoms with E-state index in [2.05, 4.69) is 10.6 Å². The van der Waals surface area contributed by atoms with E-state index in [-0.39, 0.29) is 24.4 Å². The Balaban J connectivity index is 0.000000845. The molecule has 1 amide bonds. The molecule has 0 bridgehead atoms. The first-order valence-corrected chi connectivity index (χ1v) is 4.49. The molecular formula is C8H15ClN2O2. The molecule has 1 atom stereocenters. The van der Waals surface area contributed by atoms with Crippen molar-refractivity contribution >= 4 is 18.3 Å². The van der Waals surface area contributed by atoms with Crippen molar-refractivity contribution < 1.29 is 9.53 Å². The molecule has 13 heavy (non-hydrogen) atoms. The van der Waals surface area contributed by atoms with Crippen molar-refractivity contribution in [2.75, 3.05) is 19.7 Å². The van der Waals surface area contributed by atoms with Crippen molar-refractivity contribution in [2.45, 2.75) is 25.0 Å². The van der Waals surface area contributed by atoms with Gasteiger partial charge in [0.25, 0.3) is 5.91 Å². The standard InChI is InChI=1S/C8H14N2O2.ClH/c11-8(10-6-1-2-6)7-5-9-3-4-12-7;/h6-7,9H,1-5H2,(H,10,11);1H/t7-;/m1./s1. The fourth-order valence-electron chi connectivity index (χ4n) is 1.26. The van der Waals surface area contributed by atoms with E-state index >= 15 is 0 Å². The van der Waals surface area contributed by atoms with Crippen LogP contribution in [0.25, 0.3) is 0 Å². The highest BCUT2D eigenvalue weighted by Crippen LogP contribution is 2.18. The molecule has 1 aliphatic heterocycles.